The highest BCUT2D eigenvalue weighted by Crippen LogP contribution is 2.33. The van der Waals surface area contributed by atoms with E-state index in [9.17, 15) is 14.0 Å². The smallest absolute Gasteiger partial charge is 0.330 e. The van der Waals surface area contributed by atoms with Gasteiger partial charge in [0.1, 0.15) is 11.6 Å². The Bertz CT molecular complexity index is 807. The van der Waals surface area contributed by atoms with Gasteiger partial charge in [-0.1, -0.05) is 12.1 Å². The summed E-state index contributed by atoms with van der Waals surface area (Å²) in [7, 11) is 0. The van der Waals surface area contributed by atoms with E-state index in [1.165, 1.54) is 16.7 Å². The van der Waals surface area contributed by atoms with Crippen molar-refractivity contribution in [3.05, 3.63) is 62.0 Å². The van der Waals surface area contributed by atoms with Crippen molar-refractivity contribution in [2.75, 3.05) is 5.32 Å². The minimum atomic E-state index is -0.440. The van der Waals surface area contributed by atoms with Gasteiger partial charge in [0.2, 0.25) is 0 Å². The summed E-state index contributed by atoms with van der Waals surface area (Å²) in [6.07, 6.45) is 2.40. The van der Waals surface area contributed by atoms with E-state index in [1.54, 1.807) is 19.9 Å². The Balaban J connectivity index is 1.94. The van der Waals surface area contributed by atoms with Crippen molar-refractivity contribution in [1.29, 1.82) is 0 Å². The van der Waals surface area contributed by atoms with E-state index in [-0.39, 0.29) is 23.5 Å². The van der Waals surface area contributed by atoms with Gasteiger partial charge in [0, 0.05) is 12.1 Å². The van der Waals surface area contributed by atoms with E-state index in [1.807, 2.05) is 6.07 Å². The van der Waals surface area contributed by atoms with Gasteiger partial charge in [-0.25, -0.2) is 9.18 Å². The topological polar surface area (TPSA) is 66.9 Å². The van der Waals surface area contributed by atoms with Gasteiger partial charge in [0.15, 0.2) is 0 Å². The summed E-state index contributed by atoms with van der Waals surface area (Å²) in [5.74, 6) is 0.178. The highest BCUT2D eigenvalue weighted by Gasteiger charge is 2.22. The van der Waals surface area contributed by atoms with E-state index < -0.39 is 5.69 Å². The number of anilines is 1. The van der Waals surface area contributed by atoms with Gasteiger partial charge in [0.25, 0.3) is 5.56 Å². The van der Waals surface area contributed by atoms with Gasteiger partial charge in [-0.05, 0) is 50.3 Å². The molecule has 1 aliphatic rings. The van der Waals surface area contributed by atoms with Gasteiger partial charge in [0.05, 0.1) is 6.04 Å². The lowest BCUT2D eigenvalue weighted by Crippen LogP contribution is -2.36. The van der Waals surface area contributed by atoms with E-state index in [0.717, 1.165) is 18.4 Å². The summed E-state index contributed by atoms with van der Waals surface area (Å²) < 4.78 is 15.1. The van der Waals surface area contributed by atoms with Crippen LogP contribution in [0.1, 0.15) is 49.9 Å². The van der Waals surface area contributed by atoms with E-state index >= 15 is 0 Å². The second kappa shape index (κ2) is 6.02. The summed E-state index contributed by atoms with van der Waals surface area (Å²) in [6, 6.07) is 6.11. The highest BCUT2D eigenvalue weighted by molar-refractivity contribution is 5.41. The van der Waals surface area contributed by atoms with Crippen molar-refractivity contribution in [2.24, 2.45) is 0 Å². The molecule has 0 aliphatic heterocycles. The van der Waals surface area contributed by atoms with Crippen LogP contribution in [0.2, 0.25) is 0 Å². The minimum Gasteiger partial charge on any atom is -0.365 e. The third-order valence-electron chi connectivity index (χ3n) is 4.26. The number of halogens is 1. The molecule has 0 fully saturated rings. The summed E-state index contributed by atoms with van der Waals surface area (Å²) in [5.41, 5.74) is 0.825. The van der Waals surface area contributed by atoms with Crippen molar-refractivity contribution < 1.29 is 4.39 Å². The summed E-state index contributed by atoms with van der Waals surface area (Å²) in [4.78, 5) is 26.8. The lowest BCUT2D eigenvalue weighted by atomic mass is 9.87. The number of H-pyrrole nitrogens is 1. The molecule has 1 aliphatic carbocycles. The molecule has 2 N–H and O–H groups in total. The first-order chi connectivity index (χ1) is 11.0. The molecule has 1 aromatic carbocycles. The number of aromatic amines is 1. The van der Waals surface area contributed by atoms with Crippen LogP contribution in [0.3, 0.4) is 0 Å². The van der Waals surface area contributed by atoms with Crippen LogP contribution in [0, 0.1) is 5.82 Å². The third kappa shape index (κ3) is 2.93. The molecular weight excluding hydrogens is 297 g/mol. The van der Waals surface area contributed by atoms with Crippen LogP contribution in [0.5, 0.6) is 0 Å². The quantitative estimate of drug-likeness (QED) is 0.915. The van der Waals surface area contributed by atoms with Crippen molar-refractivity contribution in [3.63, 3.8) is 0 Å². The Labute approximate surface area is 133 Å². The van der Waals surface area contributed by atoms with Gasteiger partial charge < -0.3 is 5.32 Å². The lowest BCUT2D eigenvalue weighted by Gasteiger charge is -2.27. The average molecular weight is 317 g/mol. The van der Waals surface area contributed by atoms with Crippen molar-refractivity contribution in [3.8, 4) is 0 Å². The standard InChI is InChI=1S/C17H20FN3O2/c1-10(2)21-16(22)9-15(20-17(21)23)19-14-8-4-5-11-12(14)6-3-7-13(11)18/h3,6-7,9-10,14,19H,4-5,8H2,1-2H3,(H,20,23)/t14-/m0/s1. The Hall–Kier alpha value is -2.37. The van der Waals surface area contributed by atoms with Gasteiger partial charge >= 0.3 is 5.69 Å². The van der Waals surface area contributed by atoms with E-state index in [0.29, 0.717) is 17.8 Å². The molecule has 0 saturated carbocycles. The monoisotopic (exact) mass is 317 g/mol. The first-order valence-electron chi connectivity index (χ1n) is 7.87. The molecule has 0 amide bonds. The van der Waals surface area contributed by atoms with Crippen LogP contribution in [-0.4, -0.2) is 9.55 Å². The van der Waals surface area contributed by atoms with Crippen molar-refractivity contribution in [2.45, 2.75) is 45.2 Å². The molecule has 3 rings (SSSR count). The number of nitrogens with zero attached hydrogens (tertiary/aromatic N) is 1. The molecule has 23 heavy (non-hydrogen) atoms. The molecular formula is C17H20FN3O2. The molecule has 6 heteroatoms. The van der Waals surface area contributed by atoms with Crippen molar-refractivity contribution in [1.82, 2.24) is 9.55 Å². The number of hydrogen-bond acceptors (Lipinski definition) is 3. The number of benzene rings is 1. The maximum absolute atomic E-state index is 13.9. The zero-order valence-corrected chi connectivity index (χ0v) is 13.2. The third-order valence-corrected chi connectivity index (χ3v) is 4.26. The fourth-order valence-electron chi connectivity index (χ4n) is 3.21. The number of rotatable bonds is 3. The fraction of sp³-hybridized carbons (Fsp3) is 0.412. The molecule has 1 aromatic heterocycles. The SMILES string of the molecule is CC(C)n1c(=O)cc(N[C@H]2CCCc3c(F)cccc32)[nH]c1=O. The predicted octanol–water partition coefficient (Wildman–Crippen LogP) is 2.75. The Morgan fingerprint density at radius 2 is 2.13 bits per heavy atom. The summed E-state index contributed by atoms with van der Waals surface area (Å²) in [6.45, 7) is 3.56. The van der Waals surface area contributed by atoms with Crippen LogP contribution in [0.15, 0.2) is 33.9 Å². The average Bonchev–Trinajstić information content (AvgIpc) is 2.47. The second-order valence-corrected chi connectivity index (χ2v) is 6.19. The Morgan fingerprint density at radius 1 is 1.35 bits per heavy atom. The highest BCUT2D eigenvalue weighted by atomic mass is 19.1. The Kier molecular flexibility index (Phi) is 4.07. The van der Waals surface area contributed by atoms with Crippen LogP contribution >= 0.6 is 0 Å². The van der Waals surface area contributed by atoms with Crippen LogP contribution in [0.4, 0.5) is 10.2 Å². The van der Waals surface area contributed by atoms with Crippen LogP contribution in [0.25, 0.3) is 0 Å². The first-order valence-corrected chi connectivity index (χ1v) is 7.87. The maximum atomic E-state index is 13.9. The number of hydrogen-bond donors (Lipinski definition) is 2. The van der Waals surface area contributed by atoms with Gasteiger partial charge in [-0.2, -0.15) is 0 Å². The van der Waals surface area contributed by atoms with Crippen molar-refractivity contribution >= 4 is 5.82 Å². The molecule has 1 heterocycles. The summed E-state index contributed by atoms with van der Waals surface area (Å²) in [5, 5.41) is 3.18. The predicted molar refractivity (Wildman–Crippen MR) is 87.4 cm³/mol. The molecule has 0 radical (unpaired) electrons. The largest absolute Gasteiger partial charge is 0.365 e. The number of nitrogens with one attached hydrogen (secondary N) is 2. The molecule has 1 atom stereocenters. The number of aromatic nitrogens is 2. The van der Waals surface area contributed by atoms with Crippen LogP contribution in [-0.2, 0) is 6.42 Å². The van der Waals surface area contributed by atoms with E-state index in [4.69, 9.17) is 0 Å². The molecule has 122 valence electrons. The first kappa shape index (κ1) is 15.5. The second-order valence-electron chi connectivity index (χ2n) is 6.19. The Morgan fingerprint density at radius 3 is 2.83 bits per heavy atom. The lowest BCUT2D eigenvalue weighted by molar-refractivity contribution is 0.537. The van der Waals surface area contributed by atoms with Crippen LogP contribution < -0.4 is 16.6 Å². The van der Waals surface area contributed by atoms with Gasteiger partial charge in [-0.15, -0.1) is 0 Å². The molecule has 5 nitrogen and oxygen atoms in total. The zero-order valence-electron chi connectivity index (χ0n) is 13.2. The summed E-state index contributed by atoms with van der Waals surface area (Å²) >= 11 is 0. The molecule has 0 unspecified atom stereocenters. The number of fused-ring (bicyclic) bond motifs is 1. The fourth-order valence-corrected chi connectivity index (χ4v) is 3.21. The van der Waals surface area contributed by atoms with E-state index in [2.05, 4.69) is 10.3 Å². The molecule has 0 spiro atoms. The molecule has 0 saturated heterocycles. The normalized spacial score (nSPS) is 17.1. The molecule has 2 aromatic rings. The zero-order chi connectivity index (χ0) is 16.6. The molecule has 0 bridgehead atoms. The van der Waals surface area contributed by atoms with Gasteiger partial charge in [-0.3, -0.25) is 14.3 Å². The minimum absolute atomic E-state index is 0.112. The maximum Gasteiger partial charge on any atom is 0.330 e.